The fourth-order valence-electron chi connectivity index (χ4n) is 4.03. The fourth-order valence-corrected chi connectivity index (χ4v) is 4.03. The second-order valence-electron chi connectivity index (χ2n) is 8.07. The number of amides is 1. The molecular weight excluding hydrogens is 376 g/mol. The molecule has 1 aliphatic rings. The summed E-state index contributed by atoms with van der Waals surface area (Å²) in [5, 5.41) is 4.55. The topological polar surface area (TPSA) is 67.2 Å². The van der Waals surface area contributed by atoms with Crippen LogP contribution in [-0.2, 0) is 0 Å². The number of piperazine rings is 1. The Morgan fingerprint density at radius 1 is 0.867 bits per heavy atom. The second-order valence-corrected chi connectivity index (χ2v) is 8.07. The molecule has 0 spiro atoms. The van der Waals surface area contributed by atoms with Crippen LogP contribution < -0.4 is 4.90 Å². The zero-order valence-corrected chi connectivity index (χ0v) is 18.3. The molecule has 0 bridgehead atoms. The first-order valence-electron chi connectivity index (χ1n) is 10.3. The van der Waals surface area contributed by atoms with Crippen LogP contribution in [0.5, 0.6) is 0 Å². The Kier molecular flexibility index (Phi) is 5.28. The zero-order valence-electron chi connectivity index (χ0n) is 18.3. The monoisotopic (exact) mass is 404 g/mol. The molecule has 7 nitrogen and oxygen atoms in total. The van der Waals surface area contributed by atoms with Crippen LogP contribution in [0.25, 0.3) is 5.82 Å². The lowest BCUT2D eigenvalue weighted by Gasteiger charge is -2.35. The van der Waals surface area contributed by atoms with Crippen molar-refractivity contribution < 1.29 is 4.79 Å². The maximum Gasteiger partial charge on any atom is 0.254 e. The van der Waals surface area contributed by atoms with Crippen LogP contribution in [-0.4, -0.2) is 56.7 Å². The summed E-state index contributed by atoms with van der Waals surface area (Å²) in [6, 6.07) is 10.0. The van der Waals surface area contributed by atoms with Crippen molar-refractivity contribution in [3.8, 4) is 5.82 Å². The highest BCUT2D eigenvalue weighted by Gasteiger charge is 2.24. The Labute approximate surface area is 177 Å². The number of aromatic nitrogens is 4. The molecule has 1 aliphatic heterocycles. The normalized spacial score (nSPS) is 14.3. The lowest BCUT2D eigenvalue weighted by atomic mass is 10.0. The van der Waals surface area contributed by atoms with Gasteiger partial charge in [0.15, 0.2) is 5.82 Å². The van der Waals surface area contributed by atoms with E-state index in [1.807, 2.05) is 68.5 Å². The van der Waals surface area contributed by atoms with Crippen LogP contribution in [0, 0.1) is 34.6 Å². The van der Waals surface area contributed by atoms with Crippen molar-refractivity contribution >= 4 is 11.7 Å². The minimum Gasteiger partial charge on any atom is -0.353 e. The van der Waals surface area contributed by atoms with Gasteiger partial charge in [0, 0.05) is 43.5 Å². The number of carbonyl (C=O) groups is 1. The number of aryl methyl sites for hydroxylation is 5. The largest absolute Gasteiger partial charge is 0.353 e. The molecule has 3 heterocycles. The first-order chi connectivity index (χ1) is 14.3. The number of benzene rings is 1. The van der Waals surface area contributed by atoms with Gasteiger partial charge in [-0.05, 0) is 52.3 Å². The summed E-state index contributed by atoms with van der Waals surface area (Å²) in [4.78, 5) is 26.3. The molecule has 1 saturated heterocycles. The van der Waals surface area contributed by atoms with Gasteiger partial charge in [-0.3, -0.25) is 4.79 Å². The molecule has 7 heteroatoms. The van der Waals surface area contributed by atoms with Crippen molar-refractivity contribution in [3.05, 3.63) is 64.2 Å². The van der Waals surface area contributed by atoms with Crippen molar-refractivity contribution in [2.45, 2.75) is 34.6 Å². The summed E-state index contributed by atoms with van der Waals surface area (Å²) in [7, 11) is 0. The molecule has 1 fully saturated rings. The Morgan fingerprint density at radius 2 is 1.57 bits per heavy atom. The van der Waals surface area contributed by atoms with Crippen LogP contribution in [0.2, 0.25) is 0 Å². The third-order valence-electron chi connectivity index (χ3n) is 5.54. The van der Waals surface area contributed by atoms with E-state index in [9.17, 15) is 4.79 Å². The van der Waals surface area contributed by atoms with Crippen LogP contribution in [0.1, 0.15) is 38.7 Å². The van der Waals surface area contributed by atoms with Crippen molar-refractivity contribution in [3.63, 3.8) is 0 Å². The minimum atomic E-state index is 0.106. The smallest absolute Gasteiger partial charge is 0.254 e. The standard InChI is InChI=1S/C23H28N6O/c1-15-6-7-20(16(2)12-15)23(30)28-10-8-27(9-11-28)21-14-22(25-19(5)24-21)29-18(4)13-17(3)26-29/h6-7,12-14H,8-11H2,1-5H3. The van der Waals surface area contributed by atoms with Crippen LogP contribution >= 0.6 is 0 Å². The van der Waals surface area contributed by atoms with Crippen LogP contribution in [0.15, 0.2) is 30.3 Å². The predicted octanol–water partition coefficient (Wildman–Crippen LogP) is 3.17. The molecule has 30 heavy (non-hydrogen) atoms. The number of nitrogens with zero attached hydrogens (tertiary/aromatic N) is 6. The van der Waals surface area contributed by atoms with E-state index >= 15 is 0 Å². The Bertz CT molecular complexity index is 1100. The van der Waals surface area contributed by atoms with Crippen molar-refractivity contribution in [2.24, 2.45) is 0 Å². The Morgan fingerprint density at radius 3 is 2.20 bits per heavy atom. The SMILES string of the molecule is Cc1ccc(C(=O)N2CCN(c3cc(-n4nc(C)cc4C)nc(C)n3)CC2)c(C)c1. The average Bonchev–Trinajstić information content (AvgIpc) is 3.05. The Hall–Kier alpha value is -3.22. The summed E-state index contributed by atoms with van der Waals surface area (Å²) in [6.45, 7) is 12.8. The van der Waals surface area contributed by atoms with Gasteiger partial charge in [0.25, 0.3) is 5.91 Å². The maximum atomic E-state index is 13.0. The predicted molar refractivity (Wildman–Crippen MR) is 117 cm³/mol. The molecule has 0 unspecified atom stereocenters. The average molecular weight is 405 g/mol. The second kappa shape index (κ2) is 7.89. The molecule has 0 atom stereocenters. The molecule has 3 aromatic rings. The summed E-state index contributed by atoms with van der Waals surface area (Å²) >= 11 is 0. The summed E-state index contributed by atoms with van der Waals surface area (Å²) in [5.74, 6) is 2.47. The molecule has 0 aliphatic carbocycles. The molecule has 0 saturated carbocycles. The van der Waals surface area contributed by atoms with E-state index < -0.39 is 0 Å². The van der Waals surface area contributed by atoms with Gasteiger partial charge in [0.2, 0.25) is 0 Å². The number of anilines is 1. The number of rotatable bonds is 3. The van der Waals surface area contributed by atoms with Crippen molar-refractivity contribution in [1.29, 1.82) is 0 Å². The minimum absolute atomic E-state index is 0.106. The fraction of sp³-hybridized carbons (Fsp3) is 0.391. The van der Waals surface area contributed by atoms with E-state index in [1.165, 1.54) is 5.56 Å². The van der Waals surface area contributed by atoms with Gasteiger partial charge in [0.05, 0.1) is 5.69 Å². The molecular formula is C23H28N6O. The first-order valence-corrected chi connectivity index (χ1v) is 10.3. The zero-order chi connectivity index (χ0) is 21.4. The van der Waals surface area contributed by atoms with Gasteiger partial charge in [-0.1, -0.05) is 17.7 Å². The number of carbonyl (C=O) groups excluding carboxylic acids is 1. The molecule has 4 rings (SSSR count). The van der Waals surface area contributed by atoms with Gasteiger partial charge in [0.1, 0.15) is 11.6 Å². The van der Waals surface area contributed by atoms with Crippen LogP contribution in [0.3, 0.4) is 0 Å². The van der Waals surface area contributed by atoms with Crippen molar-refractivity contribution in [2.75, 3.05) is 31.1 Å². The van der Waals surface area contributed by atoms with Gasteiger partial charge < -0.3 is 9.80 Å². The summed E-state index contributed by atoms with van der Waals surface area (Å²) < 4.78 is 1.85. The lowest BCUT2D eigenvalue weighted by molar-refractivity contribution is 0.0745. The van der Waals surface area contributed by atoms with Crippen molar-refractivity contribution in [1.82, 2.24) is 24.6 Å². The van der Waals surface area contributed by atoms with E-state index in [0.29, 0.717) is 18.9 Å². The maximum absolute atomic E-state index is 13.0. The highest BCUT2D eigenvalue weighted by molar-refractivity contribution is 5.95. The van der Waals surface area contributed by atoms with Crippen LogP contribution in [0.4, 0.5) is 5.82 Å². The third-order valence-corrected chi connectivity index (χ3v) is 5.54. The Balaban J connectivity index is 1.50. The summed E-state index contributed by atoms with van der Waals surface area (Å²) in [5.41, 5.74) is 5.00. The van der Waals surface area contributed by atoms with E-state index in [2.05, 4.69) is 26.0 Å². The number of hydrogen-bond acceptors (Lipinski definition) is 5. The van der Waals surface area contributed by atoms with E-state index in [0.717, 1.165) is 47.2 Å². The first kappa shape index (κ1) is 20.1. The lowest BCUT2D eigenvalue weighted by Crippen LogP contribution is -2.49. The van der Waals surface area contributed by atoms with E-state index in [4.69, 9.17) is 0 Å². The van der Waals surface area contributed by atoms with E-state index in [1.54, 1.807) is 0 Å². The molecule has 0 radical (unpaired) electrons. The van der Waals surface area contributed by atoms with Gasteiger partial charge >= 0.3 is 0 Å². The van der Waals surface area contributed by atoms with Gasteiger partial charge in [-0.2, -0.15) is 5.10 Å². The van der Waals surface area contributed by atoms with E-state index in [-0.39, 0.29) is 5.91 Å². The molecule has 156 valence electrons. The van der Waals surface area contributed by atoms with Gasteiger partial charge in [-0.15, -0.1) is 0 Å². The highest BCUT2D eigenvalue weighted by Crippen LogP contribution is 2.20. The van der Waals surface area contributed by atoms with Gasteiger partial charge in [-0.25, -0.2) is 14.6 Å². The third kappa shape index (κ3) is 3.92. The number of hydrogen-bond donors (Lipinski definition) is 0. The molecule has 2 aromatic heterocycles. The molecule has 1 amide bonds. The molecule has 0 N–H and O–H groups in total. The molecule has 1 aromatic carbocycles. The quantitative estimate of drug-likeness (QED) is 0.671. The highest BCUT2D eigenvalue weighted by atomic mass is 16.2. The summed E-state index contributed by atoms with van der Waals surface area (Å²) in [6.07, 6.45) is 0.